The van der Waals surface area contributed by atoms with Crippen molar-refractivity contribution in [3.05, 3.63) is 24.0 Å². The largest absolute Gasteiger partial charge is 0.505 e. The van der Waals surface area contributed by atoms with Crippen molar-refractivity contribution < 1.29 is 9.50 Å². The predicted octanol–water partition coefficient (Wildman–Crippen LogP) is 2.74. The lowest BCUT2D eigenvalue weighted by Gasteiger charge is -2.14. The number of benzene rings is 1. The molecule has 3 heteroatoms. The molecule has 1 unspecified atom stereocenters. The Balaban J connectivity index is 2.04. The second-order valence-electron chi connectivity index (χ2n) is 3.94. The van der Waals surface area contributed by atoms with Gasteiger partial charge in [-0.2, -0.15) is 0 Å². The summed E-state index contributed by atoms with van der Waals surface area (Å²) < 4.78 is 13.0. The molecule has 14 heavy (non-hydrogen) atoms. The zero-order chi connectivity index (χ0) is 10.1. The summed E-state index contributed by atoms with van der Waals surface area (Å²) in [4.78, 5) is 0. The summed E-state index contributed by atoms with van der Waals surface area (Å²) in [5.74, 6) is -0.139. The minimum atomic E-state index is -0.571. The number of hydrogen-bond acceptors (Lipinski definition) is 2. The van der Waals surface area contributed by atoms with Crippen LogP contribution in [0.1, 0.15) is 19.8 Å². The third-order valence-corrected chi connectivity index (χ3v) is 2.67. The minimum absolute atomic E-state index is 0.297. The van der Waals surface area contributed by atoms with Crippen molar-refractivity contribution in [3.8, 4) is 5.75 Å². The molecule has 0 aromatic heterocycles. The Labute approximate surface area is 82.8 Å². The van der Waals surface area contributed by atoms with Crippen molar-refractivity contribution in [2.75, 3.05) is 5.32 Å². The van der Waals surface area contributed by atoms with Gasteiger partial charge in [-0.25, -0.2) is 4.39 Å². The predicted molar refractivity (Wildman–Crippen MR) is 53.9 cm³/mol. The van der Waals surface area contributed by atoms with Crippen molar-refractivity contribution in [1.82, 2.24) is 0 Å². The van der Waals surface area contributed by atoms with Gasteiger partial charge in [-0.05, 0) is 37.8 Å². The number of phenolic OH excluding ortho intramolecular Hbond substituents is 1. The van der Waals surface area contributed by atoms with Crippen molar-refractivity contribution in [2.45, 2.75) is 25.8 Å². The van der Waals surface area contributed by atoms with Crippen LogP contribution in [0.4, 0.5) is 10.1 Å². The van der Waals surface area contributed by atoms with E-state index in [1.807, 2.05) is 0 Å². The lowest BCUT2D eigenvalue weighted by atomic mass is 10.2. The average Bonchev–Trinajstić information content (AvgIpc) is 2.94. The Morgan fingerprint density at radius 2 is 2.21 bits per heavy atom. The van der Waals surface area contributed by atoms with Gasteiger partial charge >= 0.3 is 0 Å². The van der Waals surface area contributed by atoms with Crippen LogP contribution in [0.25, 0.3) is 0 Å². The first-order valence-electron chi connectivity index (χ1n) is 4.92. The summed E-state index contributed by atoms with van der Waals surface area (Å²) in [7, 11) is 0. The van der Waals surface area contributed by atoms with E-state index in [4.69, 9.17) is 5.11 Å². The Hall–Kier alpha value is -1.25. The van der Waals surface area contributed by atoms with E-state index in [0.29, 0.717) is 6.04 Å². The van der Waals surface area contributed by atoms with Gasteiger partial charge in [0.2, 0.25) is 0 Å². The van der Waals surface area contributed by atoms with Crippen LogP contribution in [-0.2, 0) is 0 Å². The third kappa shape index (κ3) is 1.97. The first kappa shape index (κ1) is 9.31. The summed E-state index contributed by atoms with van der Waals surface area (Å²) in [5, 5.41) is 12.2. The first-order valence-corrected chi connectivity index (χ1v) is 4.92. The van der Waals surface area contributed by atoms with Crippen LogP contribution >= 0.6 is 0 Å². The van der Waals surface area contributed by atoms with Gasteiger partial charge in [-0.3, -0.25) is 0 Å². The number of halogens is 1. The summed E-state index contributed by atoms with van der Waals surface area (Å²) >= 11 is 0. The second-order valence-corrected chi connectivity index (χ2v) is 3.94. The Kier molecular flexibility index (Phi) is 2.32. The monoisotopic (exact) mass is 195 g/mol. The van der Waals surface area contributed by atoms with E-state index < -0.39 is 5.82 Å². The molecule has 1 saturated carbocycles. The van der Waals surface area contributed by atoms with E-state index in [0.717, 1.165) is 11.6 Å². The molecule has 1 aromatic rings. The zero-order valence-corrected chi connectivity index (χ0v) is 8.13. The molecule has 0 spiro atoms. The molecule has 0 bridgehead atoms. The molecule has 2 N–H and O–H groups in total. The fourth-order valence-corrected chi connectivity index (χ4v) is 1.57. The fourth-order valence-electron chi connectivity index (χ4n) is 1.57. The van der Waals surface area contributed by atoms with E-state index >= 15 is 0 Å². The molecule has 1 aliphatic rings. The topological polar surface area (TPSA) is 32.3 Å². The second kappa shape index (κ2) is 3.48. The van der Waals surface area contributed by atoms with E-state index in [1.54, 1.807) is 6.07 Å². The number of nitrogens with one attached hydrogen (secondary N) is 1. The van der Waals surface area contributed by atoms with Crippen molar-refractivity contribution in [2.24, 2.45) is 5.92 Å². The average molecular weight is 195 g/mol. The maximum atomic E-state index is 13.0. The Morgan fingerprint density at radius 3 is 2.79 bits per heavy atom. The van der Waals surface area contributed by atoms with Crippen molar-refractivity contribution in [1.29, 1.82) is 0 Å². The number of hydrogen-bond donors (Lipinski definition) is 2. The smallest absolute Gasteiger partial charge is 0.166 e. The van der Waals surface area contributed by atoms with Gasteiger partial charge in [0.25, 0.3) is 0 Å². The van der Waals surface area contributed by atoms with Crippen LogP contribution in [0.5, 0.6) is 5.75 Å². The quantitative estimate of drug-likeness (QED) is 0.727. The molecule has 1 aliphatic carbocycles. The van der Waals surface area contributed by atoms with Gasteiger partial charge in [-0.1, -0.05) is 0 Å². The van der Waals surface area contributed by atoms with Crippen LogP contribution in [0.15, 0.2) is 18.2 Å². The summed E-state index contributed by atoms with van der Waals surface area (Å²) in [6.07, 6.45) is 2.52. The molecular formula is C11H14FNO. The number of rotatable bonds is 3. The Bertz CT molecular complexity index is 336. The molecule has 1 fully saturated rings. The van der Waals surface area contributed by atoms with E-state index in [-0.39, 0.29) is 5.75 Å². The molecular weight excluding hydrogens is 181 g/mol. The molecule has 0 radical (unpaired) electrons. The molecule has 0 amide bonds. The normalized spacial score (nSPS) is 17.9. The zero-order valence-electron chi connectivity index (χ0n) is 8.13. The highest BCUT2D eigenvalue weighted by molar-refractivity contribution is 5.47. The van der Waals surface area contributed by atoms with Crippen LogP contribution in [0.2, 0.25) is 0 Å². The molecule has 0 saturated heterocycles. The highest BCUT2D eigenvalue weighted by Gasteiger charge is 2.27. The van der Waals surface area contributed by atoms with Gasteiger partial charge in [0.15, 0.2) is 11.6 Å². The van der Waals surface area contributed by atoms with Gasteiger partial charge in [0.05, 0.1) is 0 Å². The fraction of sp³-hybridized carbons (Fsp3) is 0.455. The summed E-state index contributed by atoms with van der Waals surface area (Å²) in [5.41, 5.74) is 0.736. The molecule has 0 heterocycles. The summed E-state index contributed by atoms with van der Waals surface area (Å²) in [6.45, 7) is 2.10. The highest BCUT2D eigenvalue weighted by Crippen LogP contribution is 2.34. The third-order valence-electron chi connectivity index (χ3n) is 2.67. The van der Waals surface area contributed by atoms with Crippen LogP contribution in [-0.4, -0.2) is 11.1 Å². The number of aromatic hydroxyl groups is 1. The standard InChI is InChI=1S/C11H14FNO/c1-7(8-2-3-8)13-9-4-5-11(14)10(12)6-9/h4-8,13-14H,2-3H2,1H3. The van der Waals surface area contributed by atoms with Crippen LogP contribution in [0.3, 0.4) is 0 Å². The van der Waals surface area contributed by atoms with Crippen LogP contribution in [0, 0.1) is 11.7 Å². The van der Waals surface area contributed by atoms with Crippen LogP contribution < -0.4 is 5.32 Å². The maximum Gasteiger partial charge on any atom is 0.166 e. The number of phenols is 1. The van der Waals surface area contributed by atoms with Crippen molar-refractivity contribution in [3.63, 3.8) is 0 Å². The molecule has 2 rings (SSSR count). The van der Waals surface area contributed by atoms with Gasteiger partial charge in [-0.15, -0.1) is 0 Å². The highest BCUT2D eigenvalue weighted by atomic mass is 19.1. The van der Waals surface area contributed by atoms with Gasteiger partial charge < -0.3 is 10.4 Å². The van der Waals surface area contributed by atoms with Crippen molar-refractivity contribution >= 4 is 5.69 Å². The molecule has 76 valence electrons. The van der Waals surface area contributed by atoms with Gasteiger partial charge in [0, 0.05) is 17.8 Å². The van der Waals surface area contributed by atoms with E-state index in [9.17, 15) is 4.39 Å². The van der Waals surface area contributed by atoms with E-state index in [2.05, 4.69) is 12.2 Å². The minimum Gasteiger partial charge on any atom is -0.505 e. The molecule has 2 nitrogen and oxygen atoms in total. The SMILES string of the molecule is CC(Nc1ccc(O)c(F)c1)C1CC1. The lowest BCUT2D eigenvalue weighted by molar-refractivity contribution is 0.432. The van der Waals surface area contributed by atoms with E-state index in [1.165, 1.54) is 25.0 Å². The molecule has 0 aliphatic heterocycles. The van der Waals surface area contributed by atoms with Gasteiger partial charge in [0.1, 0.15) is 0 Å². The lowest BCUT2D eigenvalue weighted by Crippen LogP contribution is -2.17. The first-order chi connectivity index (χ1) is 6.66. The Morgan fingerprint density at radius 1 is 1.50 bits per heavy atom. The maximum absolute atomic E-state index is 13.0. The molecule has 1 aromatic carbocycles. The number of anilines is 1. The molecule has 1 atom stereocenters. The summed E-state index contributed by atoms with van der Waals surface area (Å²) in [6, 6.07) is 4.78.